The zero-order valence-corrected chi connectivity index (χ0v) is 10.9. The van der Waals surface area contributed by atoms with E-state index >= 15 is 0 Å². The molecule has 1 unspecified atom stereocenters. The Labute approximate surface area is 103 Å². The second-order valence-corrected chi connectivity index (χ2v) is 5.80. The van der Waals surface area contributed by atoms with Crippen LogP contribution in [0.1, 0.15) is 32.1 Å². The normalized spacial score (nSPS) is 24.2. The van der Waals surface area contributed by atoms with Crippen LogP contribution >= 0.6 is 0 Å². The van der Waals surface area contributed by atoms with Crippen molar-refractivity contribution >= 4 is 5.97 Å². The molecule has 0 amide bonds. The van der Waals surface area contributed by atoms with Gasteiger partial charge in [-0.25, -0.2) is 0 Å². The lowest BCUT2D eigenvalue weighted by atomic mass is 9.84. The van der Waals surface area contributed by atoms with Crippen LogP contribution in [0.5, 0.6) is 0 Å². The standard InChI is InChI=1S/C13H24N2O2/c1-15(8-10-4-3-5-10)9-13(14,11-6-7-11)12(16)17-2/h10-11H,3-9,14H2,1-2H3. The number of hydrogen-bond acceptors (Lipinski definition) is 4. The minimum atomic E-state index is -0.784. The summed E-state index contributed by atoms with van der Waals surface area (Å²) in [4.78, 5) is 14.1. The molecule has 0 bridgehead atoms. The molecule has 2 rings (SSSR count). The molecule has 2 saturated carbocycles. The van der Waals surface area contributed by atoms with Gasteiger partial charge in [0.25, 0.3) is 0 Å². The van der Waals surface area contributed by atoms with Gasteiger partial charge in [-0.1, -0.05) is 6.42 Å². The molecule has 98 valence electrons. The van der Waals surface area contributed by atoms with Gasteiger partial charge in [-0.3, -0.25) is 4.79 Å². The molecular weight excluding hydrogens is 216 g/mol. The molecule has 0 aromatic heterocycles. The van der Waals surface area contributed by atoms with Crippen molar-refractivity contribution in [2.75, 3.05) is 27.2 Å². The predicted molar refractivity (Wildman–Crippen MR) is 66.5 cm³/mol. The van der Waals surface area contributed by atoms with Gasteiger partial charge in [-0.15, -0.1) is 0 Å². The third-order valence-electron chi connectivity index (χ3n) is 4.20. The number of methoxy groups -OCH3 is 1. The van der Waals surface area contributed by atoms with E-state index in [1.54, 1.807) is 0 Å². The number of ether oxygens (including phenoxy) is 1. The van der Waals surface area contributed by atoms with Crippen LogP contribution in [0.15, 0.2) is 0 Å². The Hall–Kier alpha value is -0.610. The topological polar surface area (TPSA) is 55.6 Å². The minimum Gasteiger partial charge on any atom is -0.468 e. The largest absolute Gasteiger partial charge is 0.468 e. The summed E-state index contributed by atoms with van der Waals surface area (Å²) in [5, 5.41) is 0. The summed E-state index contributed by atoms with van der Waals surface area (Å²) in [6.07, 6.45) is 6.12. The Bertz CT molecular complexity index is 287. The van der Waals surface area contributed by atoms with E-state index in [4.69, 9.17) is 10.5 Å². The van der Waals surface area contributed by atoms with Crippen LogP contribution in [0.25, 0.3) is 0 Å². The zero-order valence-electron chi connectivity index (χ0n) is 10.9. The predicted octanol–water partition coefficient (Wildman–Crippen LogP) is 0.999. The fraction of sp³-hybridized carbons (Fsp3) is 0.923. The Balaban J connectivity index is 1.89. The lowest BCUT2D eigenvalue weighted by Gasteiger charge is -2.35. The van der Waals surface area contributed by atoms with Crippen molar-refractivity contribution < 1.29 is 9.53 Å². The first-order chi connectivity index (χ1) is 8.06. The smallest absolute Gasteiger partial charge is 0.327 e. The maximum atomic E-state index is 11.8. The second-order valence-electron chi connectivity index (χ2n) is 5.80. The molecule has 0 spiro atoms. The maximum absolute atomic E-state index is 11.8. The lowest BCUT2D eigenvalue weighted by molar-refractivity contribution is -0.148. The molecule has 1 atom stereocenters. The average Bonchev–Trinajstić information content (AvgIpc) is 3.05. The number of nitrogens with zero attached hydrogens (tertiary/aromatic N) is 1. The summed E-state index contributed by atoms with van der Waals surface area (Å²) in [7, 11) is 3.49. The van der Waals surface area contributed by atoms with E-state index < -0.39 is 5.54 Å². The summed E-state index contributed by atoms with van der Waals surface area (Å²) < 4.78 is 4.87. The van der Waals surface area contributed by atoms with Crippen LogP contribution in [0, 0.1) is 11.8 Å². The van der Waals surface area contributed by atoms with Crippen molar-refractivity contribution in [1.29, 1.82) is 0 Å². The highest BCUT2D eigenvalue weighted by Crippen LogP contribution is 2.39. The number of carbonyl (C=O) groups is 1. The number of esters is 1. The minimum absolute atomic E-state index is 0.250. The molecule has 4 nitrogen and oxygen atoms in total. The summed E-state index contributed by atoms with van der Waals surface area (Å²) in [5.41, 5.74) is 5.49. The number of carbonyl (C=O) groups excluding carboxylic acids is 1. The van der Waals surface area contributed by atoms with E-state index in [9.17, 15) is 4.79 Å². The number of rotatable bonds is 6. The Morgan fingerprint density at radius 1 is 1.41 bits per heavy atom. The molecule has 2 fully saturated rings. The molecule has 0 aromatic rings. The highest BCUT2D eigenvalue weighted by Gasteiger charge is 2.49. The summed E-state index contributed by atoms with van der Waals surface area (Å²) in [6, 6.07) is 0. The van der Waals surface area contributed by atoms with Gasteiger partial charge in [-0.2, -0.15) is 0 Å². The van der Waals surface area contributed by atoms with Crippen LogP contribution in [-0.2, 0) is 9.53 Å². The number of likely N-dealkylation sites (N-methyl/N-ethyl adjacent to an activating group) is 1. The van der Waals surface area contributed by atoms with Gasteiger partial charge in [0.1, 0.15) is 5.54 Å². The first-order valence-electron chi connectivity index (χ1n) is 6.62. The molecule has 0 saturated heterocycles. The average molecular weight is 240 g/mol. The summed E-state index contributed by atoms with van der Waals surface area (Å²) in [6.45, 7) is 1.68. The fourth-order valence-electron chi connectivity index (χ4n) is 2.78. The highest BCUT2D eigenvalue weighted by molar-refractivity contribution is 5.81. The second kappa shape index (κ2) is 4.94. The molecular formula is C13H24N2O2. The van der Waals surface area contributed by atoms with Crippen molar-refractivity contribution in [1.82, 2.24) is 4.90 Å². The van der Waals surface area contributed by atoms with E-state index in [1.807, 2.05) is 0 Å². The van der Waals surface area contributed by atoms with Crippen molar-refractivity contribution in [2.24, 2.45) is 17.6 Å². The van der Waals surface area contributed by atoms with Gasteiger partial charge in [0, 0.05) is 13.1 Å². The molecule has 4 heteroatoms. The Kier molecular flexibility index (Phi) is 3.73. The highest BCUT2D eigenvalue weighted by atomic mass is 16.5. The van der Waals surface area contributed by atoms with E-state index in [2.05, 4.69) is 11.9 Å². The van der Waals surface area contributed by atoms with Crippen molar-refractivity contribution in [2.45, 2.75) is 37.6 Å². The zero-order chi connectivity index (χ0) is 12.5. The van der Waals surface area contributed by atoms with Gasteiger partial charge >= 0.3 is 5.97 Å². The third-order valence-corrected chi connectivity index (χ3v) is 4.20. The van der Waals surface area contributed by atoms with Gasteiger partial charge in [0.2, 0.25) is 0 Å². The van der Waals surface area contributed by atoms with Crippen LogP contribution in [0.2, 0.25) is 0 Å². The van der Waals surface area contributed by atoms with E-state index in [0.29, 0.717) is 12.5 Å². The Morgan fingerprint density at radius 2 is 2.06 bits per heavy atom. The van der Waals surface area contributed by atoms with Crippen molar-refractivity contribution in [3.63, 3.8) is 0 Å². The van der Waals surface area contributed by atoms with Crippen LogP contribution < -0.4 is 5.73 Å². The van der Waals surface area contributed by atoms with Crippen LogP contribution in [0.4, 0.5) is 0 Å². The van der Waals surface area contributed by atoms with Gasteiger partial charge in [-0.05, 0) is 44.6 Å². The molecule has 0 aromatic carbocycles. The molecule has 0 heterocycles. The first kappa shape index (κ1) is 12.8. The molecule has 2 aliphatic carbocycles. The van der Waals surface area contributed by atoms with Gasteiger partial charge in [0.05, 0.1) is 7.11 Å². The quantitative estimate of drug-likeness (QED) is 0.704. The first-order valence-corrected chi connectivity index (χ1v) is 6.62. The molecule has 17 heavy (non-hydrogen) atoms. The monoisotopic (exact) mass is 240 g/mol. The maximum Gasteiger partial charge on any atom is 0.327 e. The summed E-state index contributed by atoms with van der Waals surface area (Å²) in [5.74, 6) is 0.875. The number of hydrogen-bond donors (Lipinski definition) is 1. The number of nitrogens with two attached hydrogens (primary N) is 1. The molecule has 2 N–H and O–H groups in total. The Morgan fingerprint density at radius 3 is 2.47 bits per heavy atom. The summed E-state index contributed by atoms with van der Waals surface area (Å²) >= 11 is 0. The molecule has 2 aliphatic rings. The van der Waals surface area contributed by atoms with E-state index in [0.717, 1.165) is 25.3 Å². The van der Waals surface area contributed by atoms with Crippen molar-refractivity contribution in [3.05, 3.63) is 0 Å². The SMILES string of the molecule is COC(=O)C(N)(CN(C)CC1CCC1)C1CC1. The van der Waals surface area contributed by atoms with Crippen molar-refractivity contribution in [3.8, 4) is 0 Å². The van der Waals surface area contributed by atoms with Crippen LogP contribution in [-0.4, -0.2) is 43.7 Å². The van der Waals surface area contributed by atoms with Gasteiger partial charge in [0.15, 0.2) is 0 Å². The third kappa shape index (κ3) is 2.80. The fourth-order valence-corrected chi connectivity index (χ4v) is 2.78. The lowest BCUT2D eigenvalue weighted by Crippen LogP contribution is -2.58. The molecule has 0 aliphatic heterocycles. The van der Waals surface area contributed by atoms with Crippen LogP contribution in [0.3, 0.4) is 0 Å². The van der Waals surface area contributed by atoms with Gasteiger partial charge < -0.3 is 15.4 Å². The van der Waals surface area contributed by atoms with E-state index in [1.165, 1.54) is 26.4 Å². The van der Waals surface area contributed by atoms with E-state index in [-0.39, 0.29) is 5.97 Å². The molecule has 0 radical (unpaired) electrons.